The lowest BCUT2D eigenvalue weighted by Crippen LogP contribution is -2.16. The SMILES string of the molecule is COc1cc(CC(=O)OCC(=O)c2ccc3c(c2)CCCC3)cc(OC)c1OC. The Kier molecular flexibility index (Phi) is 6.75. The lowest BCUT2D eigenvalue weighted by atomic mass is 9.90. The first kappa shape index (κ1) is 20.7. The summed E-state index contributed by atoms with van der Waals surface area (Å²) in [7, 11) is 4.54. The number of carbonyl (C=O) groups excluding carboxylic acids is 2. The van der Waals surface area contributed by atoms with Gasteiger partial charge in [0.2, 0.25) is 5.75 Å². The molecule has 2 aromatic carbocycles. The van der Waals surface area contributed by atoms with Gasteiger partial charge in [0, 0.05) is 5.56 Å². The molecule has 2 aromatic rings. The van der Waals surface area contributed by atoms with Crippen LogP contribution in [0.1, 0.15) is 39.9 Å². The third-order valence-electron chi connectivity index (χ3n) is 5.11. The van der Waals surface area contributed by atoms with Gasteiger partial charge in [-0.15, -0.1) is 0 Å². The molecule has 0 heterocycles. The van der Waals surface area contributed by atoms with E-state index in [1.165, 1.54) is 38.9 Å². The first-order valence-electron chi connectivity index (χ1n) is 9.65. The van der Waals surface area contributed by atoms with E-state index in [0.717, 1.165) is 19.3 Å². The van der Waals surface area contributed by atoms with Gasteiger partial charge in [0.1, 0.15) is 0 Å². The van der Waals surface area contributed by atoms with Crippen molar-refractivity contribution in [1.82, 2.24) is 0 Å². The Hall–Kier alpha value is -3.02. The third kappa shape index (κ3) is 4.88. The number of methoxy groups -OCH3 is 3. The highest BCUT2D eigenvalue weighted by Gasteiger charge is 2.17. The molecule has 0 fully saturated rings. The number of ether oxygens (including phenoxy) is 4. The maximum absolute atomic E-state index is 12.4. The van der Waals surface area contributed by atoms with Crippen molar-refractivity contribution in [2.45, 2.75) is 32.1 Å². The summed E-state index contributed by atoms with van der Waals surface area (Å²) >= 11 is 0. The molecule has 3 rings (SSSR count). The van der Waals surface area contributed by atoms with Gasteiger partial charge in [0.05, 0.1) is 27.8 Å². The topological polar surface area (TPSA) is 71.1 Å². The standard InChI is InChI=1S/C23H26O6/c1-26-20-10-15(11-21(27-2)23(20)28-3)12-22(25)29-14-19(24)18-9-8-16-6-4-5-7-17(16)13-18/h8-11,13H,4-7,12,14H2,1-3H3. The van der Waals surface area contributed by atoms with E-state index in [2.05, 4.69) is 0 Å². The van der Waals surface area contributed by atoms with Crippen LogP contribution in [0.2, 0.25) is 0 Å². The number of rotatable bonds is 8. The van der Waals surface area contributed by atoms with E-state index in [4.69, 9.17) is 18.9 Å². The van der Waals surface area contributed by atoms with Gasteiger partial charge >= 0.3 is 5.97 Å². The van der Waals surface area contributed by atoms with E-state index >= 15 is 0 Å². The number of Topliss-reactive ketones (excluding diaryl/α,β-unsaturated/α-hetero) is 1. The van der Waals surface area contributed by atoms with Gasteiger partial charge in [-0.2, -0.15) is 0 Å². The van der Waals surface area contributed by atoms with Gasteiger partial charge in [-0.25, -0.2) is 0 Å². The molecule has 1 aliphatic rings. The normalized spacial score (nSPS) is 12.7. The molecule has 0 N–H and O–H groups in total. The van der Waals surface area contributed by atoms with Crippen LogP contribution in [0, 0.1) is 0 Å². The molecule has 6 nitrogen and oxygen atoms in total. The molecular weight excluding hydrogens is 372 g/mol. The minimum Gasteiger partial charge on any atom is -0.493 e. The number of fused-ring (bicyclic) bond motifs is 1. The highest BCUT2D eigenvalue weighted by molar-refractivity contribution is 5.98. The Balaban J connectivity index is 1.62. The molecule has 0 aromatic heterocycles. The number of ketones is 1. The van der Waals surface area contributed by atoms with Crippen LogP contribution < -0.4 is 14.2 Å². The summed E-state index contributed by atoms with van der Waals surface area (Å²) in [6, 6.07) is 9.14. The number of hydrogen-bond acceptors (Lipinski definition) is 6. The molecule has 0 radical (unpaired) electrons. The monoisotopic (exact) mass is 398 g/mol. The van der Waals surface area contributed by atoms with Crippen molar-refractivity contribution in [1.29, 1.82) is 0 Å². The first-order valence-corrected chi connectivity index (χ1v) is 9.65. The largest absolute Gasteiger partial charge is 0.493 e. The fourth-order valence-electron chi connectivity index (χ4n) is 3.59. The second-order valence-corrected chi connectivity index (χ2v) is 6.98. The van der Waals surface area contributed by atoms with E-state index in [-0.39, 0.29) is 18.8 Å². The van der Waals surface area contributed by atoms with E-state index in [1.807, 2.05) is 18.2 Å². The summed E-state index contributed by atoms with van der Waals surface area (Å²) in [4.78, 5) is 24.7. The van der Waals surface area contributed by atoms with Gasteiger partial charge in [-0.1, -0.05) is 12.1 Å². The number of benzene rings is 2. The summed E-state index contributed by atoms with van der Waals surface area (Å²) in [5.41, 5.74) is 3.77. The van der Waals surface area contributed by atoms with E-state index in [0.29, 0.717) is 28.4 Å². The smallest absolute Gasteiger partial charge is 0.310 e. The van der Waals surface area contributed by atoms with E-state index < -0.39 is 5.97 Å². The van der Waals surface area contributed by atoms with Crippen molar-refractivity contribution in [3.8, 4) is 17.2 Å². The molecule has 1 aliphatic carbocycles. The van der Waals surface area contributed by atoms with Crippen molar-refractivity contribution in [2.24, 2.45) is 0 Å². The summed E-state index contributed by atoms with van der Waals surface area (Å²) in [5.74, 6) is 0.677. The quantitative estimate of drug-likeness (QED) is 0.500. The minimum absolute atomic E-state index is 0.00577. The first-order chi connectivity index (χ1) is 14.0. The number of hydrogen-bond donors (Lipinski definition) is 0. The minimum atomic E-state index is -0.495. The van der Waals surface area contributed by atoms with Crippen LogP contribution >= 0.6 is 0 Å². The van der Waals surface area contributed by atoms with Crippen molar-refractivity contribution in [3.05, 3.63) is 52.6 Å². The molecule has 154 valence electrons. The van der Waals surface area contributed by atoms with Crippen molar-refractivity contribution >= 4 is 11.8 Å². The zero-order valence-corrected chi connectivity index (χ0v) is 17.1. The van der Waals surface area contributed by atoms with Crippen LogP contribution in [0.3, 0.4) is 0 Å². The Morgan fingerprint density at radius 3 is 2.14 bits per heavy atom. The second kappa shape index (κ2) is 9.45. The maximum atomic E-state index is 12.4. The molecule has 0 spiro atoms. The molecule has 0 amide bonds. The molecule has 0 aliphatic heterocycles. The summed E-state index contributed by atoms with van der Waals surface area (Å²) < 4.78 is 21.1. The zero-order valence-electron chi connectivity index (χ0n) is 17.1. The highest BCUT2D eigenvalue weighted by atomic mass is 16.5. The maximum Gasteiger partial charge on any atom is 0.310 e. The molecule has 29 heavy (non-hydrogen) atoms. The summed E-state index contributed by atoms with van der Waals surface area (Å²) in [6.07, 6.45) is 4.40. The fraction of sp³-hybridized carbons (Fsp3) is 0.391. The van der Waals surface area contributed by atoms with Crippen LogP contribution in [0.4, 0.5) is 0 Å². The van der Waals surface area contributed by atoms with Gasteiger partial charge in [-0.05, 0) is 60.6 Å². The highest BCUT2D eigenvalue weighted by Crippen LogP contribution is 2.38. The third-order valence-corrected chi connectivity index (χ3v) is 5.11. The van der Waals surface area contributed by atoms with Gasteiger partial charge in [0.15, 0.2) is 23.9 Å². The zero-order chi connectivity index (χ0) is 20.8. The molecule has 0 saturated heterocycles. The number of aryl methyl sites for hydroxylation is 2. The van der Waals surface area contributed by atoms with Crippen molar-refractivity contribution in [2.75, 3.05) is 27.9 Å². The average molecular weight is 398 g/mol. The molecule has 6 heteroatoms. The Bertz CT molecular complexity index is 877. The number of carbonyl (C=O) groups is 2. The van der Waals surface area contributed by atoms with Crippen LogP contribution in [0.25, 0.3) is 0 Å². The van der Waals surface area contributed by atoms with Crippen LogP contribution in [-0.2, 0) is 28.8 Å². The Morgan fingerprint density at radius 1 is 0.862 bits per heavy atom. The van der Waals surface area contributed by atoms with E-state index in [9.17, 15) is 9.59 Å². The predicted molar refractivity (Wildman–Crippen MR) is 108 cm³/mol. The molecule has 0 saturated carbocycles. The van der Waals surface area contributed by atoms with Gasteiger partial charge < -0.3 is 18.9 Å². The van der Waals surface area contributed by atoms with Crippen molar-refractivity contribution < 1.29 is 28.5 Å². The summed E-state index contributed by atoms with van der Waals surface area (Å²) in [6.45, 7) is -0.276. The van der Waals surface area contributed by atoms with Crippen LogP contribution in [0.5, 0.6) is 17.2 Å². The Morgan fingerprint density at radius 2 is 1.52 bits per heavy atom. The van der Waals surface area contributed by atoms with Gasteiger partial charge in [-0.3, -0.25) is 9.59 Å². The average Bonchev–Trinajstić information content (AvgIpc) is 2.76. The fourth-order valence-corrected chi connectivity index (χ4v) is 3.59. The lowest BCUT2D eigenvalue weighted by molar-refractivity contribution is -0.141. The second-order valence-electron chi connectivity index (χ2n) is 6.98. The molecular formula is C23H26O6. The molecule has 0 unspecified atom stereocenters. The van der Waals surface area contributed by atoms with Gasteiger partial charge in [0.25, 0.3) is 0 Å². The molecule has 0 atom stereocenters. The number of esters is 1. The van der Waals surface area contributed by atoms with Crippen LogP contribution in [-0.4, -0.2) is 39.7 Å². The summed E-state index contributed by atoms with van der Waals surface area (Å²) in [5, 5.41) is 0. The van der Waals surface area contributed by atoms with Crippen LogP contribution in [0.15, 0.2) is 30.3 Å². The lowest BCUT2D eigenvalue weighted by Gasteiger charge is -2.16. The van der Waals surface area contributed by atoms with Crippen molar-refractivity contribution in [3.63, 3.8) is 0 Å². The predicted octanol–water partition coefficient (Wildman–Crippen LogP) is 3.56. The Labute approximate surface area is 170 Å². The van der Waals surface area contributed by atoms with E-state index in [1.54, 1.807) is 12.1 Å². The molecule has 0 bridgehead atoms.